The Morgan fingerprint density at radius 3 is 2.68 bits per heavy atom. The highest BCUT2D eigenvalue weighted by Gasteiger charge is 2.35. The number of aryl methyl sites for hydroxylation is 1. The normalized spacial score (nSPS) is 20.4. The van der Waals surface area contributed by atoms with Crippen molar-refractivity contribution < 1.29 is 19.0 Å². The van der Waals surface area contributed by atoms with E-state index in [2.05, 4.69) is 4.98 Å². The lowest BCUT2D eigenvalue weighted by Crippen LogP contribution is -2.42. The lowest BCUT2D eigenvalue weighted by molar-refractivity contribution is -0.246. The number of aromatic nitrogens is 1. The van der Waals surface area contributed by atoms with E-state index in [1.165, 1.54) is 7.11 Å². The molecule has 1 saturated heterocycles. The van der Waals surface area contributed by atoms with Crippen molar-refractivity contribution in [3.8, 4) is 5.75 Å². The summed E-state index contributed by atoms with van der Waals surface area (Å²) in [5.74, 6) is 0.361. The number of amides is 1. The van der Waals surface area contributed by atoms with Gasteiger partial charge in [-0.3, -0.25) is 9.59 Å². The van der Waals surface area contributed by atoms with Crippen LogP contribution in [0.3, 0.4) is 0 Å². The van der Waals surface area contributed by atoms with Crippen LogP contribution in [0.15, 0.2) is 16.9 Å². The molecule has 4 rings (SSSR count). The molecule has 0 radical (unpaired) electrons. The zero-order chi connectivity index (χ0) is 22.3. The van der Waals surface area contributed by atoms with Crippen molar-refractivity contribution in [3.63, 3.8) is 0 Å². The van der Waals surface area contributed by atoms with E-state index in [0.717, 1.165) is 11.1 Å². The smallest absolute Gasteiger partial charge is 0.256 e. The van der Waals surface area contributed by atoms with Gasteiger partial charge in [-0.25, -0.2) is 0 Å². The molecule has 1 amide bonds. The minimum Gasteiger partial charge on any atom is -0.496 e. The summed E-state index contributed by atoms with van der Waals surface area (Å²) >= 11 is 13.2. The number of benzene rings is 1. The molecule has 166 valence electrons. The summed E-state index contributed by atoms with van der Waals surface area (Å²) in [6.07, 6.45) is 0.876. The minimum atomic E-state index is -0.279. The molecule has 2 unspecified atom stereocenters. The molecule has 1 N–H and O–H groups in total. The van der Waals surface area contributed by atoms with Crippen molar-refractivity contribution in [2.24, 2.45) is 5.92 Å². The van der Waals surface area contributed by atoms with Gasteiger partial charge >= 0.3 is 0 Å². The van der Waals surface area contributed by atoms with E-state index in [1.54, 1.807) is 25.0 Å². The number of H-pyrrole nitrogens is 1. The van der Waals surface area contributed by atoms with Crippen molar-refractivity contribution in [3.05, 3.63) is 60.5 Å². The Morgan fingerprint density at radius 1 is 1.26 bits per heavy atom. The molecule has 9 heteroatoms. The number of hydrogen-bond acceptors (Lipinski definition) is 5. The highest BCUT2D eigenvalue weighted by molar-refractivity contribution is 6.37. The molecular weight excluding hydrogens is 443 g/mol. The monoisotopic (exact) mass is 466 g/mol. The average Bonchev–Trinajstić information content (AvgIpc) is 2.71. The lowest BCUT2D eigenvalue weighted by Gasteiger charge is -2.36. The van der Waals surface area contributed by atoms with Crippen LogP contribution in [0.1, 0.15) is 32.7 Å². The van der Waals surface area contributed by atoms with E-state index < -0.39 is 0 Å². The van der Waals surface area contributed by atoms with Crippen molar-refractivity contribution in [1.29, 1.82) is 0 Å². The summed E-state index contributed by atoms with van der Waals surface area (Å²) < 4.78 is 16.0. The van der Waals surface area contributed by atoms with Gasteiger partial charge in [0.2, 0.25) is 0 Å². The van der Waals surface area contributed by atoms with Gasteiger partial charge < -0.3 is 24.1 Å². The Balaban J connectivity index is 1.65. The van der Waals surface area contributed by atoms with Crippen LogP contribution in [0, 0.1) is 12.8 Å². The fourth-order valence-corrected chi connectivity index (χ4v) is 4.85. The zero-order valence-electron chi connectivity index (χ0n) is 17.6. The lowest BCUT2D eigenvalue weighted by atomic mass is 9.90. The molecule has 7 nitrogen and oxygen atoms in total. The predicted octanol–water partition coefficient (Wildman–Crippen LogP) is 3.36. The highest BCUT2D eigenvalue weighted by atomic mass is 35.5. The molecule has 0 saturated carbocycles. The Hall–Kier alpha value is -2.06. The zero-order valence-corrected chi connectivity index (χ0v) is 19.1. The topological polar surface area (TPSA) is 80.9 Å². The van der Waals surface area contributed by atoms with Gasteiger partial charge in [-0.05, 0) is 43.0 Å². The van der Waals surface area contributed by atoms with Crippen molar-refractivity contribution in [2.45, 2.75) is 32.6 Å². The Kier molecular flexibility index (Phi) is 6.30. The van der Waals surface area contributed by atoms with E-state index in [9.17, 15) is 9.59 Å². The first-order chi connectivity index (χ1) is 14.8. The predicted molar refractivity (Wildman–Crippen MR) is 117 cm³/mol. The second-order valence-corrected chi connectivity index (χ2v) is 8.68. The van der Waals surface area contributed by atoms with Crippen LogP contribution in [0.2, 0.25) is 10.0 Å². The molecule has 2 aliphatic heterocycles. The van der Waals surface area contributed by atoms with E-state index in [1.807, 2.05) is 6.07 Å². The maximum atomic E-state index is 13.4. The largest absolute Gasteiger partial charge is 0.496 e. The van der Waals surface area contributed by atoms with Gasteiger partial charge in [-0.15, -0.1) is 0 Å². The third-order valence-electron chi connectivity index (χ3n) is 5.90. The highest BCUT2D eigenvalue weighted by Crippen LogP contribution is 2.38. The number of rotatable bonds is 6. The molecule has 2 aromatic rings. The van der Waals surface area contributed by atoms with Crippen LogP contribution in [0.25, 0.3) is 0 Å². The number of methoxy groups -OCH3 is 2. The summed E-state index contributed by atoms with van der Waals surface area (Å²) in [5, 5.41) is 0.933. The fourth-order valence-electron chi connectivity index (χ4n) is 4.21. The van der Waals surface area contributed by atoms with Gasteiger partial charge in [-0.2, -0.15) is 0 Å². The molecule has 0 bridgehead atoms. The minimum absolute atomic E-state index is 0.122. The first kappa shape index (κ1) is 22.1. The van der Waals surface area contributed by atoms with E-state index >= 15 is 0 Å². The van der Waals surface area contributed by atoms with Crippen LogP contribution < -0.4 is 10.3 Å². The second-order valence-electron chi connectivity index (χ2n) is 7.89. The first-order valence-corrected chi connectivity index (χ1v) is 10.8. The van der Waals surface area contributed by atoms with Gasteiger partial charge in [0.1, 0.15) is 5.75 Å². The summed E-state index contributed by atoms with van der Waals surface area (Å²) in [5.41, 5.74) is 2.76. The average molecular weight is 467 g/mol. The quantitative estimate of drug-likeness (QED) is 0.705. The standard InChI is InChI=1S/C22H24Cl2N2O5/c1-11-6-17(29-2)15(20(27)25-11)9-26-5-4-14-16(23)8-12(19(24)18(14)21(26)28)7-13-10-31-22(13)30-3/h6,8,13,22H,4-5,7,9-10H2,1-3H3,(H,25,27). The van der Waals surface area contributed by atoms with E-state index in [4.69, 9.17) is 37.4 Å². The molecule has 1 fully saturated rings. The van der Waals surface area contributed by atoms with Gasteiger partial charge in [0.05, 0.1) is 36.4 Å². The van der Waals surface area contributed by atoms with Gasteiger partial charge in [0, 0.05) is 30.3 Å². The molecule has 2 atom stereocenters. The number of carbonyl (C=O) groups excluding carboxylic acids is 1. The molecule has 31 heavy (non-hydrogen) atoms. The molecule has 2 aliphatic rings. The number of fused-ring (bicyclic) bond motifs is 1. The number of aromatic amines is 1. The molecular formula is C22H24Cl2N2O5. The van der Waals surface area contributed by atoms with Crippen LogP contribution in [0.5, 0.6) is 5.75 Å². The molecule has 3 heterocycles. The van der Waals surface area contributed by atoms with Crippen molar-refractivity contribution in [2.75, 3.05) is 27.4 Å². The number of hydrogen-bond donors (Lipinski definition) is 1. The van der Waals surface area contributed by atoms with Crippen LogP contribution in [-0.4, -0.2) is 49.5 Å². The van der Waals surface area contributed by atoms with Crippen molar-refractivity contribution in [1.82, 2.24) is 9.88 Å². The summed E-state index contributed by atoms with van der Waals surface area (Å²) in [6.45, 7) is 2.90. The summed E-state index contributed by atoms with van der Waals surface area (Å²) in [4.78, 5) is 30.3. The van der Waals surface area contributed by atoms with E-state index in [-0.39, 0.29) is 30.2 Å². The maximum absolute atomic E-state index is 13.4. The maximum Gasteiger partial charge on any atom is 0.256 e. The van der Waals surface area contributed by atoms with Gasteiger partial charge in [0.25, 0.3) is 11.5 Å². The second kappa shape index (κ2) is 8.82. The van der Waals surface area contributed by atoms with Gasteiger partial charge in [-0.1, -0.05) is 23.2 Å². The summed E-state index contributed by atoms with van der Waals surface area (Å²) in [7, 11) is 3.10. The number of nitrogens with one attached hydrogen (secondary N) is 1. The summed E-state index contributed by atoms with van der Waals surface area (Å²) in [6, 6.07) is 3.58. The van der Waals surface area contributed by atoms with Gasteiger partial charge in [0.15, 0.2) is 6.29 Å². The number of ether oxygens (including phenoxy) is 3. The molecule has 1 aromatic heterocycles. The SMILES string of the molecule is COc1cc(C)[nH]c(=O)c1CN1CCc2c(Cl)cc(CC3COC3OC)c(Cl)c2C1=O. The molecule has 0 spiro atoms. The van der Waals surface area contributed by atoms with Crippen molar-refractivity contribution >= 4 is 29.1 Å². The molecule has 1 aromatic carbocycles. The number of halogens is 2. The Morgan fingerprint density at radius 2 is 2.03 bits per heavy atom. The fraction of sp³-hybridized carbons (Fsp3) is 0.455. The van der Waals surface area contributed by atoms with Crippen LogP contribution >= 0.6 is 23.2 Å². The number of pyridine rings is 1. The van der Waals surface area contributed by atoms with Crippen LogP contribution in [0.4, 0.5) is 0 Å². The van der Waals surface area contributed by atoms with E-state index in [0.29, 0.717) is 58.6 Å². The molecule has 0 aliphatic carbocycles. The first-order valence-electron chi connectivity index (χ1n) is 10.0. The third-order valence-corrected chi connectivity index (χ3v) is 6.67. The van der Waals surface area contributed by atoms with Crippen LogP contribution in [-0.2, 0) is 28.9 Å². The Bertz CT molecular complexity index is 1080. The number of nitrogens with zero attached hydrogens (tertiary/aromatic N) is 1. The Labute approximate surface area is 190 Å². The number of carbonyl (C=O) groups is 1. The third kappa shape index (κ3) is 4.07.